The van der Waals surface area contributed by atoms with E-state index in [0.717, 1.165) is 28.2 Å². The van der Waals surface area contributed by atoms with Crippen LogP contribution in [0, 0.1) is 0 Å². The van der Waals surface area contributed by atoms with Crippen molar-refractivity contribution in [2.45, 2.75) is 19.8 Å². The van der Waals surface area contributed by atoms with Crippen molar-refractivity contribution in [1.29, 1.82) is 0 Å². The second-order valence-corrected chi connectivity index (χ2v) is 8.14. The van der Waals surface area contributed by atoms with E-state index >= 15 is 0 Å². The molecule has 0 fully saturated rings. The fraction of sp³-hybridized carbons (Fsp3) is 0.227. The summed E-state index contributed by atoms with van der Waals surface area (Å²) in [7, 11) is 3.00. The van der Waals surface area contributed by atoms with E-state index in [9.17, 15) is 9.59 Å². The highest BCUT2D eigenvalue weighted by Crippen LogP contribution is 2.34. The highest BCUT2D eigenvalue weighted by atomic mass is 32.1. The van der Waals surface area contributed by atoms with Crippen molar-refractivity contribution in [3.63, 3.8) is 0 Å². The van der Waals surface area contributed by atoms with Gasteiger partial charge in [-0.2, -0.15) is 0 Å². The number of amides is 1. The van der Waals surface area contributed by atoms with Gasteiger partial charge in [-0.15, -0.1) is 0 Å². The third-order valence-corrected chi connectivity index (χ3v) is 5.71. The highest BCUT2D eigenvalue weighted by Gasteiger charge is 2.17. The van der Waals surface area contributed by atoms with Crippen molar-refractivity contribution in [3.8, 4) is 11.5 Å². The minimum atomic E-state index is -0.350. The Morgan fingerprint density at radius 3 is 2.63 bits per heavy atom. The summed E-state index contributed by atoms with van der Waals surface area (Å²) in [5, 5.41) is 3.88. The summed E-state index contributed by atoms with van der Waals surface area (Å²) in [6.07, 6.45) is 0. The molecule has 0 aliphatic heterocycles. The molecule has 0 unspecified atom stereocenters. The second kappa shape index (κ2) is 7.79. The first-order valence-electron chi connectivity index (χ1n) is 9.41. The zero-order valence-electron chi connectivity index (χ0n) is 17.0. The SMILES string of the molecule is COc1ccc2cc(C(=O)Nc3ccc4nc(C(C)C)[nH]c4c3)sc(=O)c2c1OC. The molecule has 0 atom stereocenters. The van der Waals surface area contributed by atoms with E-state index in [1.807, 2.05) is 12.1 Å². The summed E-state index contributed by atoms with van der Waals surface area (Å²) >= 11 is 0.871. The minimum Gasteiger partial charge on any atom is -0.493 e. The van der Waals surface area contributed by atoms with Crippen LogP contribution in [0.4, 0.5) is 5.69 Å². The van der Waals surface area contributed by atoms with Crippen LogP contribution in [0.1, 0.15) is 35.3 Å². The van der Waals surface area contributed by atoms with Crippen LogP contribution in [-0.4, -0.2) is 30.1 Å². The van der Waals surface area contributed by atoms with Gasteiger partial charge in [0.15, 0.2) is 11.5 Å². The molecule has 0 bridgehead atoms. The van der Waals surface area contributed by atoms with Crippen molar-refractivity contribution in [2.75, 3.05) is 19.5 Å². The Kier molecular flexibility index (Phi) is 5.17. The third-order valence-electron chi connectivity index (χ3n) is 4.80. The lowest BCUT2D eigenvalue weighted by molar-refractivity contribution is 0.103. The van der Waals surface area contributed by atoms with Crippen LogP contribution in [0.3, 0.4) is 0 Å². The van der Waals surface area contributed by atoms with Gasteiger partial charge in [0, 0.05) is 11.6 Å². The largest absolute Gasteiger partial charge is 0.493 e. The van der Waals surface area contributed by atoms with Crippen LogP contribution in [0.25, 0.3) is 21.8 Å². The van der Waals surface area contributed by atoms with Crippen LogP contribution in [0.5, 0.6) is 11.5 Å². The number of carbonyl (C=O) groups excluding carboxylic acids is 1. The van der Waals surface area contributed by atoms with E-state index in [0.29, 0.717) is 32.8 Å². The summed E-state index contributed by atoms with van der Waals surface area (Å²) < 4.78 is 10.4. The van der Waals surface area contributed by atoms with Crippen LogP contribution in [0.15, 0.2) is 41.2 Å². The Bertz CT molecular complexity index is 1320. The molecule has 2 aromatic heterocycles. The summed E-state index contributed by atoms with van der Waals surface area (Å²) in [5.74, 6) is 1.66. The van der Waals surface area contributed by atoms with Gasteiger partial charge in [0.2, 0.25) is 4.74 Å². The molecule has 0 aliphatic carbocycles. The van der Waals surface area contributed by atoms with Gasteiger partial charge < -0.3 is 19.8 Å². The zero-order valence-corrected chi connectivity index (χ0v) is 17.8. The smallest absolute Gasteiger partial charge is 0.265 e. The number of hydrogen-bond donors (Lipinski definition) is 2. The maximum absolute atomic E-state index is 12.8. The molecule has 0 saturated carbocycles. The number of aromatic amines is 1. The summed E-state index contributed by atoms with van der Waals surface area (Å²) in [4.78, 5) is 33.7. The molecule has 2 aromatic carbocycles. The Morgan fingerprint density at radius 2 is 1.93 bits per heavy atom. The molecule has 0 aliphatic rings. The topological polar surface area (TPSA) is 93.3 Å². The van der Waals surface area contributed by atoms with Gasteiger partial charge in [-0.25, -0.2) is 4.98 Å². The van der Waals surface area contributed by atoms with E-state index < -0.39 is 0 Å². The van der Waals surface area contributed by atoms with E-state index in [1.165, 1.54) is 14.2 Å². The first-order chi connectivity index (χ1) is 14.4. The van der Waals surface area contributed by atoms with Gasteiger partial charge in [0.1, 0.15) is 5.82 Å². The quantitative estimate of drug-likeness (QED) is 0.492. The predicted octanol–water partition coefficient (Wildman–Crippen LogP) is 4.53. The van der Waals surface area contributed by atoms with Gasteiger partial charge in [-0.3, -0.25) is 9.59 Å². The number of hydrogen-bond acceptors (Lipinski definition) is 6. The molecule has 30 heavy (non-hydrogen) atoms. The lowest BCUT2D eigenvalue weighted by Crippen LogP contribution is -2.13. The molecule has 0 spiro atoms. The molecule has 4 rings (SSSR count). The first-order valence-corrected chi connectivity index (χ1v) is 10.2. The number of fused-ring (bicyclic) bond motifs is 2. The molecule has 7 nitrogen and oxygen atoms in total. The van der Waals surface area contributed by atoms with Crippen LogP contribution in [0.2, 0.25) is 0 Å². The average molecular weight is 423 g/mol. The van der Waals surface area contributed by atoms with Gasteiger partial charge >= 0.3 is 0 Å². The van der Waals surface area contributed by atoms with Gasteiger partial charge in [-0.05, 0) is 35.7 Å². The van der Waals surface area contributed by atoms with Crippen molar-refractivity contribution in [1.82, 2.24) is 9.97 Å². The number of benzene rings is 2. The van der Waals surface area contributed by atoms with E-state index in [2.05, 4.69) is 29.1 Å². The van der Waals surface area contributed by atoms with Crippen LogP contribution < -0.4 is 19.5 Å². The van der Waals surface area contributed by atoms with E-state index in [1.54, 1.807) is 24.3 Å². The van der Waals surface area contributed by atoms with E-state index in [4.69, 9.17) is 9.47 Å². The van der Waals surface area contributed by atoms with Gasteiger partial charge in [0.25, 0.3) is 5.91 Å². The Morgan fingerprint density at radius 1 is 1.13 bits per heavy atom. The number of carbonyl (C=O) groups is 1. The second-order valence-electron chi connectivity index (χ2n) is 7.13. The number of aromatic nitrogens is 2. The summed E-state index contributed by atoms with van der Waals surface area (Å²) in [6.45, 7) is 4.12. The molecule has 8 heteroatoms. The number of H-pyrrole nitrogens is 1. The molecular weight excluding hydrogens is 402 g/mol. The Labute approximate surface area is 176 Å². The molecule has 154 valence electrons. The maximum atomic E-state index is 12.8. The number of nitrogens with one attached hydrogen (secondary N) is 2. The molecular formula is C22H21N3O4S. The summed E-state index contributed by atoms with van der Waals surface area (Å²) in [5.41, 5.74) is 2.31. The molecule has 4 aromatic rings. The first kappa shape index (κ1) is 19.9. The maximum Gasteiger partial charge on any atom is 0.265 e. The monoisotopic (exact) mass is 423 g/mol. The van der Waals surface area contributed by atoms with Crippen molar-refractivity contribution >= 4 is 44.7 Å². The number of nitrogens with zero attached hydrogens (tertiary/aromatic N) is 1. The number of imidazole rings is 1. The number of methoxy groups -OCH3 is 2. The van der Waals surface area contributed by atoms with Crippen LogP contribution in [-0.2, 0) is 0 Å². The Balaban J connectivity index is 1.68. The molecule has 2 N–H and O–H groups in total. The number of rotatable bonds is 5. The van der Waals surface area contributed by atoms with Crippen molar-refractivity contribution < 1.29 is 14.3 Å². The molecule has 0 saturated heterocycles. The van der Waals surface area contributed by atoms with Gasteiger partial charge in [0.05, 0.1) is 35.5 Å². The number of anilines is 1. The van der Waals surface area contributed by atoms with Crippen molar-refractivity contribution in [3.05, 3.63) is 56.6 Å². The fourth-order valence-corrected chi connectivity index (χ4v) is 4.12. The predicted molar refractivity (Wildman–Crippen MR) is 119 cm³/mol. The van der Waals surface area contributed by atoms with Crippen molar-refractivity contribution in [2.24, 2.45) is 0 Å². The highest BCUT2D eigenvalue weighted by molar-refractivity contribution is 7.12. The van der Waals surface area contributed by atoms with Crippen LogP contribution >= 0.6 is 11.3 Å². The minimum absolute atomic E-state index is 0.265. The van der Waals surface area contributed by atoms with Gasteiger partial charge in [-0.1, -0.05) is 31.3 Å². The lowest BCUT2D eigenvalue weighted by Gasteiger charge is -2.11. The van der Waals surface area contributed by atoms with E-state index in [-0.39, 0.29) is 16.6 Å². The summed E-state index contributed by atoms with van der Waals surface area (Å²) in [6, 6.07) is 10.6. The molecule has 2 heterocycles. The lowest BCUT2D eigenvalue weighted by atomic mass is 10.1. The Hall–Kier alpha value is -3.39. The third kappa shape index (κ3) is 3.50. The number of ether oxygens (including phenoxy) is 2. The fourth-order valence-electron chi connectivity index (χ4n) is 3.28. The molecule has 1 amide bonds. The standard InChI is InChI=1S/C22H21N3O4S/c1-11(2)20-24-14-7-6-13(10-15(14)25-20)23-21(26)17-9-12-5-8-16(28-3)19(29-4)18(12)22(27)30-17/h5-11H,1-4H3,(H,23,26)(H,24,25). The average Bonchev–Trinajstić information content (AvgIpc) is 3.16. The zero-order chi connectivity index (χ0) is 21.4. The molecule has 0 radical (unpaired) electrons. The normalized spacial score (nSPS) is 11.2.